The first-order chi connectivity index (χ1) is 13.2. The highest BCUT2D eigenvalue weighted by atomic mass is 32.2. The van der Waals surface area contributed by atoms with Crippen LogP contribution in [0.25, 0.3) is 0 Å². The highest BCUT2D eigenvalue weighted by Crippen LogP contribution is 2.29. The molecule has 0 fully saturated rings. The molecule has 0 heterocycles. The summed E-state index contributed by atoms with van der Waals surface area (Å²) >= 11 is 0. The molecule has 1 atom stereocenters. The van der Waals surface area contributed by atoms with Crippen molar-refractivity contribution in [1.29, 1.82) is 0 Å². The number of rotatable bonds is 8. The lowest BCUT2D eigenvalue weighted by molar-refractivity contribution is -0.121. The van der Waals surface area contributed by atoms with E-state index in [4.69, 9.17) is 9.47 Å². The first kappa shape index (κ1) is 21.6. The van der Waals surface area contributed by atoms with E-state index in [9.17, 15) is 17.6 Å². The number of carbonyl (C=O) groups is 1. The van der Waals surface area contributed by atoms with E-state index in [1.807, 2.05) is 0 Å². The summed E-state index contributed by atoms with van der Waals surface area (Å²) in [4.78, 5) is 12.2. The number of hydrogen-bond acceptors (Lipinski definition) is 5. The molecule has 0 bridgehead atoms. The topological polar surface area (TPSA) is 84.9 Å². The van der Waals surface area contributed by atoms with Gasteiger partial charge in [-0.2, -0.15) is 4.31 Å². The fraction of sp³-hybridized carbons (Fsp3) is 0.316. The van der Waals surface area contributed by atoms with Gasteiger partial charge in [-0.1, -0.05) is 6.07 Å². The molecule has 1 amide bonds. The van der Waals surface area contributed by atoms with Crippen LogP contribution in [-0.4, -0.2) is 46.4 Å². The number of nitrogens with zero attached hydrogens (tertiary/aromatic N) is 1. The Kier molecular flexibility index (Phi) is 6.98. The Morgan fingerprint density at radius 1 is 1.11 bits per heavy atom. The molecule has 2 aromatic rings. The summed E-state index contributed by atoms with van der Waals surface area (Å²) in [5, 5.41) is 2.75. The summed E-state index contributed by atoms with van der Waals surface area (Å²) in [5.74, 6) is 0.0746. The van der Waals surface area contributed by atoms with Crippen molar-refractivity contribution in [2.45, 2.75) is 17.9 Å². The van der Waals surface area contributed by atoms with E-state index in [-0.39, 0.29) is 17.5 Å². The summed E-state index contributed by atoms with van der Waals surface area (Å²) in [6, 6.07) is 9.29. The third-order valence-corrected chi connectivity index (χ3v) is 5.99. The smallest absolute Gasteiger partial charge is 0.243 e. The van der Waals surface area contributed by atoms with Crippen molar-refractivity contribution in [1.82, 2.24) is 9.62 Å². The number of likely N-dealkylation sites (N-methyl/N-ethyl adjacent to an activating group) is 1. The molecule has 28 heavy (non-hydrogen) atoms. The molecule has 152 valence electrons. The first-order valence-electron chi connectivity index (χ1n) is 8.42. The second-order valence-corrected chi connectivity index (χ2v) is 8.16. The largest absolute Gasteiger partial charge is 0.493 e. The van der Waals surface area contributed by atoms with E-state index in [0.29, 0.717) is 11.5 Å². The average molecular weight is 410 g/mol. The summed E-state index contributed by atoms with van der Waals surface area (Å²) < 4.78 is 49.3. The molecule has 9 heteroatoms. The van der Waals surface area contributed by atoms with Gasteiger partial charge in [0, 0.05) is 7.05 Å². The van der Waals surface area contributed by atoms with Gasteiger partial charge < -0.3 is 14.8 Å². The number of amides is 1. The third-order valence-electron chi connectivity index (χ3n) is 4.17. The normalized spacial score (nSPS) is 12.5. The van der Waals surface area contributed by atoms with Gasteiger partial charge in [-0.25, -0.2) is 12.8 Å². The highest BCUT2D eigenvalue weighted by Gasteiger charge is 2.23. The van der Waals surface area contributed by atoms with Crippen LogP contribution >= 0.6 is 0 Å². The minimum atomic E-state index is -3.90. The number of halogens is 1. The van der Waals surface area contributed by atoms with Crippen molar-refractivity contribution in [2.75, 3.05) is 27.8 Å². The lowest BCUT2D eigenvalue weighted by atomic mass is 10.1. The van der Waals surface area contributed by atoms with Gasteiger partial charge in [-0.05, 0) is 48.9 Å². The molecule has 2 aromatic carbocycles. The van der Waals surface area contributed by atoms with Gasteiger partial charge in [0.1, 0.15) is 5.82 Å². The fourth-order valence-electron chi connectivity index (χ4n) is 2.57. The van der Waals surface area contributed by atoms with Crippen LogP contribution in [0, 0.1) is 5.82 Å². The van der Waals surface area contributed by atoms with Crippen molar-refractivity contribution in [3.05, 3.63) is 53.8 Å². The molecule has 1 N–H and O–H groups in total. The molecular formula is C19H23FN2O5S. The molecule has 2 rings (SSSR count). The van der Waals surface area contributed by atoms with Crippen LogP contribution < -0.4 is 14.8 Å². The summed E-state index contributed by atoms with van der Waals surface area (Å²) in [6.07, 6.45) is 0. The second kappa shape index (κ2) is 9.03. The van der Waals surface area contributed by atoms with Gasteiger partial charge in [0.05, 0.1) is 31.7 Å². The highest BCUT2D eigenvalue weighted by molar-refractivity contribution is 7.89. The molecule has 0 aliphatic rings. The Bertz CT molecular complexity index is 932. The lowest BCUT2D eigenvalue weighted by Crippen LogP contribution is -2.39. The van der Waals surface area contributed by atoms with Gasteiger partial charge >= 0.3 is 0 Å². The zero-order chi connectivity index (χ0) is 20.9. The van der Waals surface area contributed by atoms with E-state index in [1.54, 1.807) is 25.1 Å². The molecule has 0 aliphatic heterocycles. The number of sulfonamides is 1. The third kappa shape index (κ3) is 4.99. The number of carbonyl (C=O) groups excluding carboxylic acids is 1. The quantitative estimate of drug-likeness (QED) is 0.722. The zero-order valence-electron chi connectivity index (χ0n) is 16.1. The monoisotopic (exact) mass is 410 g/mol. The second-order valence-electron chi connectivity index (χ2n) is 6.12. The first-order valence-corrected chi connectivity index (χ1v) is 9.86. The minimum Gasteiger partial charge on any atom is -0.493 e. The molecule has 1 unspecified atom stereocenters. The Hall–Kier alpha value is -2.65. The van der Waals surface area contributed by atoms with Gasteiger partial charge in [-0.3, -0.25) is 4.79 Å². The van der Waals surface area contributed by atoms with Crippen LogP contribution in [0.2, 0.25) is 0 Å². The van der Waals surface area contributed by atoms with Crippen LogP contribution in [0.1, 0.15) is 18.5 Å². The molecule has 0 saturated heterocycles. The van der Waals surface area contributed by atoms with Crippen molar-refractivity contribution >= 4 is 15.9 Å². The predicted octanol–water partition coefficient (Wildman–Crippen LogP) is 2.34. The molecule has 0 radical (unpaired) electrons. The number of hydrogen-bond donors (Lipinski definition) is 1. The van der Waals surface area contributed by atoms with Crippen LogP contribution in [0.5, 0.6) is 11.5 Å². The van der Waals surface area contributed by atoms with Crippen LogP contribution in [0.15, 0.2) is 47.4 Å². The molecule has 0 saturated carbocycles. The van der Waals surface area contributed by atoms with Gasteiger partial charge in [0.2, 0.25) is 15.9 Å². The van der Waals surface area contributed by atoms with Crippen LogP contribution in [0.4, 0.5) is 4.39 Å². The van der Waals surface area contributed by atoms with Crippen LogP contribution in [-0.2, 0) is 14.8 Å². The molecule has 0 aliphatic carbocycles. The average Bonchev–Trinajstić information content (AvgIpc) is 2.67. The minimum absolute atomic E-state index is 0.0860. The van der Waals surface area contributed by atoms with Crippen molar-refractivity contribution < 1.29 is 27.1 Å². The zero-order valence-corrected chi connectivity index (χ0v) is 16.9. The number of nitrogens with one attached hydrogen (secondary N) is 1. The standard InChI is InChI=1S/C19H23FN2O5S/c1-13(14-5-10-17(26-3)18(11-14)27-4)21-19(23)12-22(2)28(24,25)16-8-6-15(20)7-9-16/h5-11,13H,12H2,1-4H3,(H,21,23). The Labute approximate surface area is 164 Å². The molecular weight excluding hydrogens is 387 g/mol. The van der Waals surface area contributed by atoms with Gasteiger partial charge in [0.25, 0.3) is 0 Å². The van der Waals surface area contributed by atoms with E-state index in [1.165, 1.54) is 21.3 Å². The van der Waals surface area contributed by atoms with Gasteiger partial charge in [-0.15, -0.1) is 0 Å². The van der Waals surface area contributed by atoms with Crippen LogP contribution in [0.3, 0.4) is 0 Å². The van der Waals surface area contributed by atoms with E-state index in [2.05, 4.69) is 5.32 Å². The number of methoxy groups -OCH3 is 2. The lowest BCUT2D eigenvalue weighted by Gasteiger charge is -2.20. The Morgan fingerprint density at radius 3 is 2.29 bits per heavy atom. The Morgan fingerprint density at radius 2 is 1.71 bits per heavy atom. The maximum atomic E-state index is 13.0. The van der Waals surface area contributed by atoms with Crippen molar-refractivity contribution in [2.24, 2.45) is 0 Å². The Balaban J connectivity index is 2.05. The van der Waals surface area contributed by atoms with E-state index < -0.39 is 21.7 Å². The fourth-order valence-corrected chi connectivity index (χ4v) is 3.69. The SMILES string of the molecule is COc1ccc(C(C)NC(=O)CN(C)S(=O)(=O)c2ccc(F)cc2)cc1OC. The number of ether oxygens (including phenoxy) is 2. The molecule has 7 nitrogen and oxygen atoms in total. The number of benzene rings is 2. The van der Waals surface area contributed by atoms with Gasteiger partial charge in [0.15, 0.2) is 11.5 Å². The van der Waals surface area contributed by atoms with Crippen molar-refractivity contribution in [3.8, 4) is 11.5 Å². The van der Waals surface area contributed by atoms with Crippen molar-refractivity contribution in [3.63, 3.8) is 0 Å². The summed E-state index contributed by atoms with van der Waals surface area (Å²) in [5.41, 5.74) is 0.773. The maximum Gasteiger partial charge on any atom is 0.243 e. The summed E-state index contributed by atoms with van der Waals surface area (Å²) in [6.45, 7) is 1.39. The molecule has 0 spiro atoms. The van der Waals surface area contributed by atoms with E-state index >= 15 is 0 Å². The molecule has 0 aromatic heterocycles. The summed E-state index contributed by atoms with van der Waals surface area (Å²) in [7, 11) is 0.431. The predicted molar refractivity (Wildman–Crippen MR) is 102 cm³/mol. The maximum absolute atomic E-state index is 13.0. The van der Waals surface area contributed by atoms with E-state index in [0.717, 1.165) is 34.1 Å².